The van der Waals surface area contributed by atoms with Gasteiger partial charge in [-0.1, -0.05) is 17.7 Å². The van der Waals surface area contributed by atoms with E-state index in [2.05, 4.69) is 15.9 Å². The quantitative estimate of drug-likeness (QED) is 0.905. The van der Waals surface area contributed by atoms with Crippen molar-refractivity contribution in [1.29, 1.82) is 0 Å². The van der Waals surface area contributed by atoms with Crippen LogP contribution < -0.4 is 4.74 Å². The first-order valence-electron chi connectivity index (χ1n) is 4.96. The van der Waals surface area contributed by atoms with Gasteiger partial charge in [0.05, 0.1) is 4.88 Å². The Labute approximate surface area is 117 Å². The number of hydrogen-bond acceptors (Lipinski definition) is 3. The SMILES string of the molecule is OC(COc1cccc(Cl)c1)c1sccc1Br. The molecular weight excluding hydrogens is 324 g/mol. The second-order valence-corrected chi connectivity index (χ2v) is 5.66. The number of ether oxygens (including phenoxy) is 1. The Balaban J connectivity index is 1.97. The number of aliphatic hydroxyl groups is 1. The summed E-state index contributed by atoms with van der Waals surface area (Å²) in [4.78, 5) is 0.868. The summed E-state index contributed by atoms with van der Waals surface area (Å²) in [6, 6.07) is 9.02. The molecule has 2 aromatic rings. The Kier molecular flexibility index (Phi) is 4.45. The van der Waals surface area contributed by atoms with Crippen molar-refractivity contribution in [2.75, 3.05) is 6.61 Å². The van der Waals surface area contributed by atoms with Gasteiger partial charge < -0.3 is 9.84 Å². The molecule has 1 aromatic heterocycles. The number of thiophene rings is 1. The van der Waals surface area contributed by atoms with Crippen LogP contribution in [0, 0.1) is 0 Å². The standard InChI is InChI=1S/C12H10BrClO2S/c13-10-4-5-17-12(10)11(15)7-16-9-3-1-2-8(14)6-9/h1-6,11,15H,7H2. The summed E-state index contributed by atoms with van der Waals surface area (Å²) in [7, 11) is 0. The van der Waals surface area contributed by atoms with Gasteiger partial charge in [-0.2, -0.15) is 0 Å². The highest BCUT2D eigenvalue weighted by molar-refractivity contribution is 9.10. The summed E-state index contributed by atoms with van der Waals surface area (Å²) >= 11 is 10.7. The van der Waals surface area contributed by atoms with Crippen molar-refractivity contribution in [2.24, 2.45) is 0 Å². The summed E-state index contributed by atoms with van der Waals surface area (Å²) in [6.45, 7) is 0.208. The van der Waals surface area contributed by atoms with Gasteiger partial charge in [0.2, 0.25) is 0 Å². The van der Waals surface area contributed by atoms with Gasteiger partial charge in [-0.25, -0.2) is 0 Å². The van der Waals surface area contributed by atoms with Gasteiger partial charge in [-0.15, -0.1) is 11.3 Å². The first-order valence-corrected chi connectivity index (χ1v) is 7.01. The smallest absolute Gasteiger partial charge is 0.123 e. The van der Waals surface area contributed by atoms with Crippen molar-refractivity contribution < 1.29 is 9.84 Å². The van der Waals surface area contributed by atoms with Crippen LogP contribution in [0.4, 0.5) is 0 Å². The fraction of sp³-hybridized carbons (Fsp3) is 0.167. The van der Waals surface area contributed by atoms with Gasteiger partial charge in [0, 0.05) is 9.50 Å². The van der Waals surface area contributed by atoms with Crippen molar-refractivity contribution in [1.82, 2.24) is 0 Å². The van der Waals surface area contributed by atoms with Crippen LogP contribution in [0.1, 0.15) is 11.0 Å². The van der Waals surface area contributed by atoms with Crippen molar-refractivity contribution in [3.8, 4) is 5.75 Å². The van der Waals surface area contributed by atoms with Crippen LogP contribution in [0.3, 0.4) is 0 Å². The Bertz CT molecular complexity index is 501. The topological polar surface area (TPSA) is 29.5 Å². The van der Waals surface area contributed by atoms with Crippen molar-refractivity contribution in [3.05, 3.63) is 50.1 Å². The molecule has 0 aliphatic rings. The monoisotopic (exact) mass is 332 g/mol. The third-order valence-corrected chi connectivity index (χ3v) is 4.36. The lowest BCUT2D eigenvalue weighted by Gasteiger charge is -2.11. The maximum atomic E-state index is 9.94. The third kappa shape index (κ3) is 3.45. The molecule has 2 rings (SSSR count). The number of hydrogen-bond donors (Lipinski definition) is 1. The molecule has 1 N–H and O–H groups in total. The van der Waals surface area contributed by atoms with E-state index in [1.807, 2.05) is 23.6 Å². The van der Waals surface area contributed by atoms with Crippen LogP contribution in [-0.2, 0) is 0 Å². The summed E-state index contributed by atoms with van der Waals surface area (Å²) in [6.07, 6.45) is -0.636. The molecule has 17 heavy (non-hydrogen) atoms. The predicted octanol–water partition coefficient (Wildman–Crippen LogP) is 4.28. The molecule has 0 aliphatic heterocycles. The number of rotatable bonds is 4. The average Bonchev–Trinajstić information content (AvgIpc) is 2.72. The zero-order valence-corrected chi connectivity index (χ0v) is 11.9. The van der Waals surface area contributed by atoms with Crippen LogP contribution in [0.25, 0.3) is 0 Å². The summed E-state index contributed by atoms with van der Waals surface area (Å²) in [5.41, 5.74) is 0. The molecule has 2 nitrogen and oxygen atoms in total. The molecule has 0 saturated carbocycles. The number of benzene rings is 1. The molecule has 0 aliphatic carbocycles. The van der Waals surface area contributed by atoms with E-state index in [0.717, 1.165) is 9.35 Å². The van der Waals surface area contributed by atoms with Crippen LogP contribution in [-0.4, -0.2) is 11.7 Å². The van der Waals surface area contributed by atoms with E-state index < -0.39 is 6.10 Å². The number of aliphatic hydroxyl groups excluding tert-OH is 1. The fourth-order valence-electron chi connectivity index (χ4n) is 1.35. The molecule has 0 spiro atoms. The maximum absolute atomic E-state index is 9.94. The zero-order valence-electron chi connectivity index (χ0n) is 8.77. The highest BCUT2D eigenvalue weighted by Crippen LogP contribution is 2.29. The first kappa shape index (κ1) is 12.9. The Morgan fingerprint density at radius 1 is 1.41 bits per heavy atom. The third-order valence-electron chi connectivity index (χ3n) is 2.15. The molecule has 90 valence electrons. The summed E-state index contributed by atoms with van der Waals surface area (Å²) < 4.78 is 6.39. The molecule has 0 saturated heterocycles. The normalized spacial score (nSPS) is 12.4. The van der Waals surface area contributed by atoms with E-state index in [-0.39, 0.29) is 6.61 Å². The molecule has 0 amide bonds. The number of halogens is 2. The molecule has 0 bridgehead atoms. The molecular formula is C12H10BrClO2S. The molecule has 1 aromatic carbocycles. The van der Waals surface area contributed by atoms with Crippen molar-refractivity contribution in [2.45, 2.75) is 6.10 Å². The van der Waals surface area contributed by atoms with E-state index in [1.165, 1.54) is 11.3 Å². The van der Waals surface area contributed by atoms with E-state index >= 15 is 0 Å². The molecule has 1 unspecified atom stereocenters. The molecule has 5 heteroatoms. The van der Waals surface area contributed by atoms with Gasteiger partial charge in [0.1, 0.15) is 18.5 Å². The second kappa shape index (κ2) is 5.87. The van der Waals surface area contributed by atoms with Crippen LogP contribution in [0.15, 0.2) is 40.2 Å². The van der Waals surface area contributed by atoms with E-state index in [4.69, 9.17) is 16.3 Å². The molecule has 0 radical (unpaired) electrons. The lowest BCUT2D eigenvalue weighted by atomic mass is 10.3. The lowest BCUT2D eigenvalue weighted by molar-refractivity contribution is 0.110. The fourth-order valence-corrected chi connectivity index (χ4v) is 3.14. The largest absolute Gasteiger partial charge is 0.490 e. The minimum atomic E-state index is -0.636. The van der Waals surface area contributed by atoms with Gasteiger partial charge in [0.15, 0.2) is 0 Å². The van der Waals surface area contributed by atoms with Crippen molar-refractivity contribution in [3.63, 3.8) is 0 Å². The molecule has 1 atom stereocenters. The molecule has 0 fully saturated rings. The van der Waals surface area contributed by atoms with Crippen LogP contribution >= 0.6 is 38.9 Å². The van der Waals surface area contributed by atoms with Gasteiger partial charge in [-0.05, 0) is 45.6 Å². The van der Waals surface area contributed by atoms with Gasteiger partial charge in [-0.3, -0.25) is 0 Å². The maximum Gasteiger partial charge on any atom is 0.123 e. The predicted molar refractivity (Wildman–Crippen MR) is 73.9 cm³/mol. The van der Waals surface area contributed by atoms with Gasteiger partial charge in [0.25, 0.3) is 0 Å². The van der Waals surface area contributed by atoms with E-state index in [1.54, 1.807) is 12.1 Å². The van der Waals surface area contributed by atoms with E-state index in [9.17, 15) is 5.11 Å². The average molecular weight is 334 g/mol. The van der Waals surface area contributed by atoms with Crippen LogP contribution in [0.5, 0.6) is 5.75 Å². The van der Waals surface area contributed by atoms with Crippen LogP contribution in [0.2, 0.25) is 5.02 Å². The highest BCUT2D eigenvalue weighted by Gasteiger charge is 2.13. The van der Waals surface area contributed by atoms with Crippen molar-refractivity contribution >= 4 is 38.9 Å². The Morgan fingerprint density at radius 2 is 2.24 bits per heavy atom. The zero-order chi connectivity index (χ0) is 12.3. The molecule has 1 heterocycles. The Hall–Kier alpha value is -0.550. The minimum absolute atomic E-state index is 0.208. The summed E-state index contributed by atoms with van der Waals surface area (Å²) in [5.74, 6) is 0.657. The van der Waals surface area contributed by atoms with E-state index in [0.29, 0.717) is 10.8 Å². The Morgan fingerprint density at radius 3 is 2.88 bits per heavy atom. The summed E-state index contributed by atoms with van der Waals surface area (Å²) in [5, 5.41) is 12.5. The highest BCUT2D eigenvalue weighted by atomic mass is 79.9. The lowest BCUT2D eigenvalue weighted by Crippen LogP contribution is -2.08. The minimum Gasteiger partial charge on any atom is -0.490 e. The van der Waals surface area contributed by atoms with Gasteiger partial charge >= 0.3 is 0 Å². The first-order chi connectivity index (χ1) is 8.16. The second-order valence-electron chi connectivity index (χ2n) is 3.42.